The Morgan fingerprint density at radius 2 is 1.10 bits per heavy atom. The number of hydrogen-bond donors (Lipinski definition) is 0. The summed E-state index contributed by atoms with van der Waals surface area (Å²) in [6.45, 7) is 10.1. The second-order valence-corrected chi connectivity index (χ2v) is 14.6. The third-order valence-corrected chi connectivity index (χ3v) is 12.7. The van der Waals surface area contributed by atoms with E-state index in [-0.39, 0.29) is 0 Å². The molecule has 0 aromatic rings. The Balaban J connectivity index is 4.68. The lowest BCUT2D eigenvalue weighted by Gasteiger charge is -2.37. The molecule has 3 nitrogen and oxygen atoms in total. The predicted molar refractivity (Wildman–Crippen MR) is 113 cm³/mol. The van der Waals surface area contributed by atoms with Crippen molar-refractivity contribution in [2.75, 3.05) is 22.1 Å². The lowest BCUT2D eigenvalue weighted by Crippen LogP contribution is -2.52. The minimum Gasteiger partial charge on any atom is -0.415 e. The molecule has 21 heavy (non-hydrogen) atoms. The van der Waals surface area contributed by atoms with Gasteiger partial charge in [-0.2, -0.15) is 0 Å². The highest BCUT2D eigenvalue weighted by atomic mass is 127. The zero-order valence-electron chi connectivity index (χ0n) is 14.1. The lowest BCUT2D eigenvalue weighted by molar-refractivity contribution is 0.198. The van der Waals surface area contributed by atoms with Crippen LogP contribution in [0.2, 0.25) is 25.2 Å². The van der Waals surface area contributed by atoms with Gasteiger partial charge in [0.25, 0.3) is 0 Å². The summed E-state index contributed by atoms with van der Waals surface area (Å²) in [6, 6.07) is 2.18. The molecule has 0 heterocycles. The highest BCUT2D eigenvalue weighted by Gasteiger charge is 2.42. The average Bonchev–Trinajstić information content (AvgIpc) is 2.39. The van der Waals surface area contributed by atoms with Gasteiger partial charge in [-0.25, -0.2) is 0 Å². The molecule has 0 rings (SSSR count). The Morgan fingerprint density at radius 3 is 1.38 bits per heavy atom. The SMILES string of the molecule is CCO[Si](C)(CCCCI)O[Si](C)(CCCCI)OCC. The maximum Gasteiger partial charge on any atom is 0.326 e. The summed E-state index contributed by atoms with van der Waals surface area (Å²) in [5, 5.41) is 0. The second kappa shape index (κ2) is 13.1. The quantitative estimate of drug-likeness (QED) is 0.119. The third-order valence-electron chi connectivity index (χ3n) is 3.36. The summed E-state index contributed by atoms with van der Waals surface area (Å²) in [5.74, 6) is 0. The van der Waals surface area contributed by atoms with Crippen molar-refractivity contribution in [2.24, 2.45) is 0 Å². The first-order valence-corrected chi connectivity index (χ1v) is 16.1. The molecule has 0 bridgehead atoms. The van der Waals surface area contributed by atoms with Crippen LogP contribution in [0.1, 0.15) is 39.5 Å². The molecule has 0 aliphatic rings. The van der Waals surface area contributed by atoms with Crippen LogP contribution in [-0.4, -0.2) is 39.2 Å². The van der Waals surface area contributed by atoms with Crippen LogP contribution in [0.4, 0.5) is 0 Å². The van der Waals surface area contributed by atoms with Crippen LogP contribution in [-0.2, 0) is 13.0 Å². The molecular formula is C14H32I2O3Si2. The summed E-state index contributed by atoms with van der Waals surface area (Å²) < 4.78 is 21.2. The number of hydrogen-bond acceptors (Lipinski definition) is 3. The molecule has 0 saturated carbocycles. The summed E-state index contributed by atoms with van der Waals surface area (Å²) in [6.07, 6.45) is 4.91. The van der Waals surface area contributed by atoms with Crippen molar-refractivity contribution < 1.29 is 13.0 Å². The Kier molecular flexibility index (Phi) is 14.2. The van der Waals surface area contributed by atoms with E-state index < -0.39 is 17.1 Å². The van der Waals surface area contributed by atoms with Gasteiger partial charge in [-0.15, -0.1) is 0 Å². The predicted octanol–water partition coefficient (Wildman–Crippen LogP) is 5.65. The van der Waals surface area contributed by atoms with Gasteiger partial charge in [0.1, 0.15) is 0 Å². The Bertz CT molecular complexity index is 238. The highest BCUT2D eigenvalue weighted by molar-refractivity contribution is 14.1. The first kappa shape index (κ1) is 22.8. The van der Waals surface area contributed by atoms with Crippen molar-refractivity contribution in [2.45, 2.75) is 64.7 Å². The monoisotopic (exact) mass is 558 g/mol. The summed E-state index contributed by atoms with van der Waals surface area (Å²) in [7, 11) is -4.18. The smallest absolute Gasteiger partial charge is 0.326 e. The van der Waals surface area contributed by atoms with Gasteiger partial charge in [-0.1, -0.05) is 58.0 Å². The first-order chi connectivity index (χ1) is 9.95. The fraction of sp³-hybridized carbons (Fsp3) is 1.00. The molecule has 2 atom stereocenters. The van der Waals surface area contributed by atoms with E-state index in [0.717, 1.165) is 25.3 Å². The highest BCUT2D eigenvalue weighted by Crippen LogP contribution is 2.27. The maximum absolute atomic E-state index is 6.63. The molecule has 0 amide bonds. The molecule has 0 aromatic heterocycles. The summed E-state index contributed by atoms with van der Waals surface area (Å²) in [4.78, 5) is 0. The van der Waals surface area contributed by atoms with E-state index in [1.807, 2.05) is 0 Å². The van der Waals surface area contributed by atoms with E-state index in [0.29, 0.717) is 0 Å². The third kappa shape index (κ3) is 11.0. The summed E-state index contributed by atoms with van der Waals surface area (Å²) in [5.41, 5.74) is 0. The number of rotatable bonds is 14. The van der Waals surface area contributed by atoms with Gasteiger partial charge in [-0.05, 0) is 60.7 Å². The van der Waals surface area contributed by atoms with Crippen LogP contribution in [0.15, 0.2) is 0 Å². The van der Waals surface area contributed by atoms with Crippen LogP contribution in [0.3, 0.4) is 0 Å². The van der Waals surface area contributed by atoms with Gasteiger partial charge in [0.2, 0.25) is 0 Å². The minimum atomic E-state index is -2.09. The number of unbranched alkanes of at least 4 members (excludes halogenated alkanes) is 2. The normalized spacial score (nSPS) is 17.4. The Morgan fingerprint density at radius 1 is 0.714 bits per heavy atom. The van der Waals surface area contributed by atoms with Crippen molar-refractivity contribution in [3.63, 3.8) is 0 Å². The maximum atomic E-state index is 6.63. The van der Waals surface area contributed by atoms with Crippen molar-refractivity contribution in [3.8, 4) is 0 Å². The minimum absolute atomic E-state index is 0.747. The van der Waals surface area contributed by atoms with E-state index in [9.17, 15) is 0 Å². The molecular weight excluding hydrogens is 526 g/mol. The Labute approximate surface area is 161 Å². The van der Waals surface area contributed by atoms with Crippen LogP contribution in [0.5, 0.6) is 0 Å². The van der Waals surface area contributed by atoms with Crippen molar-refractivity contribution in [3.05, 3.63) is 0 Å². The van der Waals surface area contributed by atoms with E-state index in [1.54, 1.807) is 0 Å². The largest absolute Gasteiger partial charge is 0.415 e. The summed E-state index contributed by atoms with van der Waals surface area (Å²) >= 11 is 4.88. The van der Waals surface area contributed by atoms with Crippen LogP contribution >= 0.6 is 45.2 Å². The molecule has 0 aromatic carbocycles. The van der Waals surface area contributed by atoms with Crippen molar-refractivity contribution in [1.29, 1.82) is 0 Å². The Hall–Kier alpha value is 1.77. The van der Waals surface area contributed by atoms with Gasteiger partial charge < -0.3 is 13.0 Å². The molecule has 0 radical (unpaired) electrons. The zero-order valence-corrected chi connectivity index (χ0v) is 20.4. The van der Waals surface area contributed by atoms with E-state index >= 15 is 0 Å². The van der Waals surface area contributed by atoms with E-state index in [2.05, 4.69) is 72.1 Å². The molecule has 0 saturated heterocycles. The fourth-order valence-electron chi connectivity index (χ4n) is 2.45. The fourth-order valence-corrected chi connectivity index (χ4v) is 11.8. The number of alkyl halides is 2. The van der Waals surface area contributed by atoms with Crippen molar-refractivity contribution in [1.82, 2.24) is 0 Å². The molecule has 0 aliphatic heterocycles. The second-order valence-electron chi connectivity index (χ2n) is 5.53. The van der Waals surface area contributed by atoms with Crippen LogP contribution < -0.4 is 0 Å². The van der Waals surface area contributed by atoms with Crippen molar-refractivity contribution >= 4 is 62.3 Å². The lowest BCUT2D eigenvalue weighted by atomic mass is 10.4. The van der Waals surface area contributed by atoms with Gasteiger partial charge in [0, 0.05) is 13.2 Å². The van der Waals surface area contributed by atoms with Gasteiger partial charge in [0.05, 0.1) is 0 Å². The van der Waals surface area contributed by atoms with E-state index in [4.69, 9.17) is 13.0 Å². The molecule has 0 N–H and O–H groups in total. The topological polar surface area (TPSA) is 27.7 Å². The molecule has 0 fully saturated rings. The van der Waals surface area contributed by atoms with Gasteiger partial charge in [0.15, 0.2) is 0 Å². The molecule has 128 valence electrons. The molecule has 2 unspecified atom stereocenters. The van der Waals surface area contributed by atoms with Crippen LogP contribution in [0, 0.1) is 0 Å². The number of halogens is 2. The molecule has 0 spiro atoms. The molecule has 0 aliphatic carbocycles. The van der Waals surface area contributed by atoms with Crippen LogP contribution in [0.25, 0.3) is 0 Å². The zero-order chi connectivity index (χ0) is 16.2. The van der Waals surface area contributed by atoms with E-state index in [1.165, 1.54) is 34.5 Å². The molecule has 7 heteroatoms. The standard InChI is InChI=1S/C14H32I2O3Si2/c1-5-17-20(3,13-9-7-11-15)19-21(4,18-6-2)14-10-8-12-16/h5-14H2,1-4H3. The first-order valence-electron chi connectivity index (χ1n) is 8.05. The average molecular weight is 558 g/mol. The van der Waals surface area contributed by atoms with Gasteiger partial charge >= 0.3 is 17.1 Å². The van der Waals surface area contributed by atoms with Gasteiger partial charge in [-0.3, -0.25) is 0 Å².